The Morgan fingerprint density at radius 2 is 1.62 bits per heavy atom. The van der Waals surface area contributed by atoms with Gasteiger partial charge in [0, 0.05) is 30.3 Å². The van der Waals surface area contributed by atoms with Gasteiger partial charge in [0.25, 0.3) is 5.91 Å². The van der Waals surface area contributed by atoms with E-state index in [0.717, 1.165) is 11.1 Å². The fourth-order valence-electron chi connectivity index (χ4n) is 4.09. The molecule has 0 atom stereocenters. The number of hydrogen-bond donors (Lipinski definition) is 1. The van der Waals surface area contributed by atoms with Gasteiger partial charge in [0.1, 0.15) is 11.5 Å². The van der Waals surface area contributed by atoms with Crippen molar-refractivity contribution in [3.05, 3.63) is 83.4 Å². The van der Waals surface area contributed by atoms with Crippen LogP contribution in [0.15, 0.2) is 76.0 Å². The summed E-state index contributed by atoms with van der Waals surface area (Å²) in [4.78, 5) is 12.8. The molecule has 3 aromatic carbocycles. The molecule has 0 bridgehead atoms. The van der Waals surface area contributed by atoms with E-state index in [2.05, 4.69) is 15.5 Å². The molecular weight excluding hydrogens is 496 g/mol. The Morgan fingerprint density at radius 3 is 2.30 bits per heavy atom. The van der Waals surface area contributed by atoms with E-state index in [0.29, 0.717) is 36.6 Å². The van der Waals surface area contributed by atoms with Crippen LogP contribution in [-0.2, 0) is 23.0 Å². The summed E-state index contributed by atoms with van der Waals surface area (Å²) in [5.74, 6) is 0.732. The van der Waals surface area contributed by atoms with Crippen LogP contribution in [0.2, 0.25) is 0 Å². The monoisotopic (exact) mass is 520 g/mol. The lowest BCUT2D eigenvalue weighted by Crippen LogP contribution is -2.35. The van der Waals surface area contributed by atoms with Crippen LogP contribution in [0.4, 0.5) is 6.01 Å². The van der Waals surface area contributed by atoms with Crippen molar-refractivity contribution < 1.29 is 27.1 Å². The molecule has 1 amide bonds. The van der Waals surface area contributed by atoms with Crippen molar-refractivity contribution in [1.29, 1.82) is 0 Å². The van der Waals surface area contributed by atoms with Crippen LogP contribution in [0.3, 0.4) is 0 Å². The van der Waals surface area contributed by atoms with Crippen LogP contribution in [-0.4, -0.2) is 49.6 Å². The fourth-order valence-corrected chi connectivity index (χ4v) is 5.51. The highest BCUT2D eigenvalue weighted by Gasteiger charge is 2.28. The summed E-state index contributed by atoms with van der Waals surface area (Å²) in [6.07, 6.45) is 0.657. The van der Waals surface area contributed by atoms with E-state index in [1.807, 2.05) is 24.3 Å². The average molecular weight is 521 g/mol. The highest BCUT2D eigenvalue weighted by atomic mass is 32.2. The predicted molar refractivity (Wildman–Crippen MR) is 135 cm³/mol. The first kappa shape index (κ1) is 24.5. The zero-order chi connectivity index (χ0) is 26.0. The third-order valence-electron chi connectivity index (χ3n) is 6.09. The number of aromatic nitrogens is 2. The largest absolute Gasteiger partial charge is 0.497 e. The van der Waals surface area contributed by atoms with Gasteiger partial charge < -0.3 is 13.9 Å². The number of carbonyl (C=O) groups excluding carboxylic acids is 1. The summed E-state index contributed by atoms with van der Waals surface area (Å²) >= 11 is 0. The topological polar surface area (TPSA) is 124 Å². The Bertz CT molecular complexity index is 1530. The van der Waals surface area contributed by atoms with E-state index in [4.69, 9.17) is 13.9 Å². The van der Waals surface area contributed by atoms with Crippen molar-refractivity contribution in [2.24, 2.45) is 0 Å². The molecule has 1 aromatic heterocycles. The molecule has 37 heavy (non-hydrogen) atoms. The van der Waals surface area contributed by atoms with Crippen molar-refractivity contribution in [2.45, 2.75) is 17.9 Å². The Morgan fingerprint density at radius 1 is 0.946 bits per heavy atom. The number of carbonyl (C=O) groups is 1. The Labute approximate surface area is 213 Å². The highest BCUT2D eigenvalue weighted by Crippen LogP contribution is 2.30. The van der Waals surface area contributed by atoms with E-state index in [9.17, 15) is 13.2 Å². The molecule has 190 valence electrons. The Balaban J connectivity index is 1.28. The number of hydrogen-bond acceptors (Lipinski definition) is 8. The first-order valence-corrected chi connectivity index (χ1v) is 12.9. The van der Waals surface area contributed by atoms with Gasteiger partial charge in [-0.1, -0.05) is 29.4 Å². The Hall–Kier alpha value is -4.22. The van der Waals surface area contributed by atoms with Gasteiger partial charge in [-0.05, 0) is 53.9 Å². The predicted octanol–water partition coefficient (Wildman–Crippen LogP) is 3.75. The molecule has 1 aliphatic heterocycles. The maximum Gasteiger partial charge on any atom is 0.322 e. The van der Waals surface area contributed by atoms with Gasteiger partial charge in [-0.15, -0.1) is 5.10 Å². The van der Waals surface area contributed by atoms with Crippen LogP contribution in [0.1, 0.15) is 21.5 Å². The number of fused-ring (bicyclic) bond motifs is 1. The maximum absolute atomic E-state index is 13.2. The van der Waals surface area contributed by atoms with Crippen LogP contribution >= 0.6 is 0 Å². The van der Waals surface area contributed by atoms with Crippen molar-refractivity contribution >= 4 is 21.9 Å². The number of nitrogens with one attached hydrogen (secondary N) is 1. The molecule has 0 fully saturated rings. The second-order valence-corrected chi connectivity index (χ2v) is 10.3. The van der Waals surface area contributed by atoms with E-state index in [-0.39, 0.29) is 22.4 Å². The van der Waals surface area contributed by atoms with Gasteiger partial charge >= 0.3 is 6.01 Å². The molecule has 11 heteroatoms. The first-order chi connectivity index (χ1) is 17.9. The summed E-state index contributed by atoms with van der Waals surface area (Å²) in [7, 11) is -0.649. The number of benzene rings is 3. The molecule has 2 heterocycles. The molecule has 1 aliphatic rings. The van der Waals surface area contributed by atoms with E-state index < -0.39 is 15.9 Å². The van der Waals surface area contributed by atoms with Crippen molar-refractivity contribution in [1.82, 2.24) is 14.5 Å². The zero-order valence-electron chi connectivity index (χ0n) is 20.2. The lowest BCUT2D eigenvalue weighted by Gasteiger charge is -2.28. The minimum Gasteiger partial charge on any atom is -0.497 e. The first-order valence-electron chi connectivity index (χ1n) is 11.4. The molecular formula is C26H24N4O6S. The van der Waals surface area contributed by atoms with Crippen molar-refractivity contribution in [3.63, 3.8) is 0 Å². The Kier molecular flexibility index (Phi) is 6.64. The number of ether oxygens (including phenoxy) is 2. The molecule has 5 rings (SSSR count). The van der Waals surface area contributed by atoms with Gasteiger partial charge in [0.2, 0.25) is 15.9 Å². The molecule has 0 saturated heterocycles. The van der Waals surface area contributed by atoms with E-state index in [1.165, 1.54) is 42.8 Å². The van der Waals surface area contributed by atoms with Gasteiger partial charge in [-0.2, -0.15) is 4.31 Å². The van der Waals surface area contributed by atoms with Crippen LogP contribution < -0.4 is 14.8 Å². The minimum atomic E-state index is -3.70. The average Bonchev–Trinajstić information content (AvgIpc) is 3.41. The van der Waals surface area contributed by atoms with Gasteiger partial charge in [0.05, 0.1) is 19.1 Å². The van der Waals surface area contributed by atoms with Crippen LogP contribution in [0.25, 0.3) is 11.5 Å². The fraction of sp³-hybridized carbons (Fsp3) is 0.192. The van der Waals surface area contributed by atoms with Gasteiger partial charge in [-0.25, -0.2) is 8.42 Å². The lowest BCUT2D eigenvalue weighted by atomic mass is 10.0. The second kappa shape index (κ2) is 10.0. The quantitative estimate of drug-likeness (QED) is 0.391. The summed E-state index contributed by atoms with van der Waals surface area (Å²) in [5.41, 5.74) is 2.96. The number of sulfonamides is 1. The third-order valence-corrected chi connectivity index (χ3v) is 7.95. The summed E-state index contributed by atoms with van der Waals surface area (Å²) < 4.78 is 43.9. The van der Waals surface area contributed by atoms with E-state index in [1.54, 1.807) is 18.2 Å². The summed E-state index contributed by atoms with van der Waals surface area (Å²) in [6, 6.07) is 18.6. The number of nitrogens with zero attached hydrogens (tertiary/aromatic N) is 3. The van der Waals surface area contributed by atoms with Crippen molar-refractivity contribution in [3.8, 4) is 23.0 Å². The molecule has 1 N–H and O–H groups in total. The molecule has 10 nitrogen and oxygen atoms in total. The number of amides is 1. The molecule has 0 radical (unpaired) electrons. The summed E-state index contributed by atoms with van der Waals surface area (Å²) in [5, 5.41) is 10.4. The van der Waals surface area contributed by atoms with Crippen molar-refractivity contribution in [2.75, 3.05) is 26.1 Å². The van der Waals surface area contributed by atoms with Gasteiger partial charge in [0.15, 0.2) is 0 Å². The van der Waals surface area contributed by atoms with Crippen LogP contribution in [0, 0.1) is 0 Å². The number of methoxy groups -OCH3 is 2. The molecule has 0 aliphatic carbocycles. The zero-order valence-corrected chi connectivity index (χ0v) is 21.0. The summed E-state index contributed by atoms with van der Waals surface area (Å²) in [6.45, 7) is 0.722. The smallest absolute Gasteiger partial charge is 0.322 e. The lowest BCUT2D eigenvalue weighted by molar-refractivity contribution is 0.102. The molecule has 4 aromatic rings. The van der Waals surface area contributed by atoms with Crippen LogP contribution in [0.5, 0.6) is 11.5 Å². The van der Waals surface area contributed by atoms with E-state index >= 15 is 0 Å². The number of rotatable bonds is 7. The standard InChI is InChI=1S/C26H24N4O6S/c1-34-21-13-20(14-22(15-21)35-2)25-28-29-26(36-25)27-24(31)18-7-9-23(10-8-18)37(32,33)30-12-11-17-5-3-4-6-19(17)16-30/h3-10,13-15H,11-12,16H2,1-2H3,(H,27,29,31). The maximum atomic E-state index is 13.2. The third kappa shape index (κ3) is 5.04. The molecule has 0 spiro atoms. The number of anilines is 1. The SMILES string of the molecule is COc1cc(OC)cc(-c2nnc(NC(=O)c3ccc(S(=O)(=O)N4CCc5ccccc5C4)cc3)o2)c1. The second-order valence-electron chi connectivity index (χ2n) is 8.35. The highest BCUT2D eigenvalue weighted by molar-refractivity contribution is 7.89. The molecule has 0 unspecified atom stereocenters. The van der Waals surface area contributed by atoms with Gasteiger partial charge in [-0.3, -0.25) is 10.1 Å². The molecule has 0 saturated carbocycles. The normalized spacial score (nSPS) is 13.6. The minimum absolute atomic E-state index is 0.106.